The van der Waals surface area contributed by atoms with Gasteiger partial charge in [0.2, 0.25) is 5.91 Å². The number of nitrogens with one attached hydrogen (secondary N) is 1. The minimum Gasteiger partial charge on any atom is -0.325 e. The quantitative estimate of drug-likeness (QED) is 0.841. The summed E-state index contributed by atoms with van der Waals surface area (Å²) in [6.45, 7) is 8.05. The fourth-order valence-electron chi connectivity index (χ4n) is 1.70. The van der Waals surface area contributed by atoms with Crippen LogP contribution in [-0.4, -0.2) is 11.9 Å². The smallest absolute Gasteiger partial charge is 0.241 e. The van der Waals surface area contributed by atoms with Crippen molar-refractivity contribution in [3.63, 3.8) is 0 Å². The molecule has 0 aliphatic rings. The predicted octanol–water partition coefficient (Wildman–Crippen LogP) is 2.48. The van der Waals surface area contributed by atoms with E-state index in [2.05, 4.69) is 19.2 Å². The zero-order valence-corrected chi connectivity index (χ0v) is 11.1. The molecule has 1 aromatic carbocycles. The largest absolute Gasteiger partial charge is 0.325 e. The van der Waals surface area contributed by atoms with Gasteiger partial charge in [0.15, 0.2) is 0 Å². The molecule has 0 heterocycles. The fourth-order valence-corrected chi connectivity index (χ4v) is 1.70. The van der Waals surface area contributed by atoms with E-state index in [1.807, 2.05) is 32.0 Å². The van der Waals surface area contributed by atoms with Crippen LogP contribution in [0.5, 0.6) is 0 Å². The molecule has 94 valence electrons. The summed E-state index contributed by atoms with van der Waals surface area (Å²) in [7, 11) is 0. The van der Waals surface area contributed by atoms with E-state index < -0.39 is 6.04 Å². The van der Waals surface area contributed by atoms with Gasteiger partial charge >= 0.3 is 0 Å². The third-order valence-corrected chi connectivity index (χ3v) is 3.01. The van der Waals surface area contributed by atoms with Crippen molar-refractivity contribution in [2.24, 2.45) is 11.7 Å². The van der Waals surface area contributed by atoms with Crippen LogP contribution >= 0.6 is 0 Å². The maximum Gasteiger partial charge on any atom is 0.241 e. The van der Waals surface area contributed by atoms with E-state index >= 15 is 0 Å². The molecule has 0 spiro atoms. The lowest BCUT2D eigenvalue weighted by molar-refractivity contribution is -0.118. The maximum atomic E-state index is 11.8. The number of hydrogen-bond donors (Lipinski definition) is 2. The van der Waals surface area contributed by atoms with E-state index in [9.17, 15) is 4.79 Å². The van der Waals surface area contributed by atoms with Gasteiger partial charge < -0.3 is 11.1 Å². The second-order valence-electron chi connectivity index (χ2n) is 4.75. The lowest BCUT2D eigenvalue weighted by Gasteiger charge is -2.16. The average Bonchev–Trinajstić information content (AvgIpc) is 2.28. The molecule has 0 aliphatic carbocycles. The van der Waals surface area contributed by atoms with Crippen LogP contribution in [0.4, 0.5) is 5.69 Å². The summed E-state index contributed by atoms with van der Waals surface area (Å²) in [6.07, 6.45) is 1.01. The van der Waals surface area contributed by atoms with Crippen molar-refractivity contribution in [2.45, 2.75) is 40.2 Å². The zero-order chi connectivity index (χ0) is 13.0. The minimum absolute atomic E-state index is 0.122. The molecule has 0 aromatic heterocycles. The van der Waals surface area contributed by atoms with Gasteiger partial charge in [0.25, 0.3) is 0 Å². The van der Waals surface area contributed by atoms with Crippen LogP contribution in [0.2, 0.25) is 0 Å². The molecule has 1 rings (SSSR count). The van der Waals surface area contributed by atoms with Gasteiger partial charge in [0, 0.05) is 5.69 Å². The van der Waals surface area contributed by atoms with Crippen molar-refractivity contribution in [1.29, 1.82) is 0 Å². The third kappa shape index (κ3) is 3.56. The predicted molar refractivity (Wildman–Crippen MR) is 72.0 cm³/mol. The molecule has 3 heteroatoms. The highest BCUT2D eigenvalue weighted by molar-refractivity contribution is 5.94. The first-order chi connectivity index (χ1) is 7.95. The van der Waals surface area contributed by atoms with Gasteiger partial charge in [-0.25, -0.2) is 0 Å². The molecule has 1 atom stereocenters. The molecule has 0 aliphatic heterocycles. The van der Waals surface area contributed by atoms with E-state index in [1.165, 1.54) is 11.1 Å². The van der Waals surface area contributed by atoms with Crippen LogP contribution in [0.1, 0.15) is 31.9 Å². The summed E-state index contributed by atoms with van der Waals surface area (Å²) in [5.41, 5.74) is 9.11. The van der Waals surface area contributed by atoms with Gasteiger partial charge in [-0.3, -0.25) is 4.79 Å². The number of hydrogen-bond acceptors (Lipinski definition) is 2. The second-order valence-corrected chi connectivity index (χ2v) is 4.75. The van der Waals surface area contributed by atoms with Crippen LogP contribution in [0, 0.1) is 12.8 Å². The highest BCUT2D eigenvalue weighted by Gasteiger charge is 2.17. The van der Waals surface area contributed by atoms with Gasteiger partial charge in [0.1, 0.15) is 0 Å². The zero-order valence-electron chi connectivity index (χ0n) is 11.1. The maximum absolute atomic E-state index is 11.8. The molecular formula is C14H22N2O. The first-order valence-corrected chi connectivity index (χ1v) is 6.11. The van der Waals surface area contributed by atoms with E-state index in [0.717, 1.165) is 12.1 Å². The Morgan fingerprint density at radius 2 is 2.06 bits per heavy atom. The lowest BCUT2D eigenvalue weighted by atomic mass is 10.0. The average molecular weight is 234 g/mol. The molecule has 0 fully saturated rings. The molecule has 0 bridgehead atoms. The SMILES string of the molecule is CCc1ccc(NC(=O)[C@H](N)C(C)C)cc1C. The Balaban J connectivity index is 2.76. The van der Waals surface area contributed by atoms with Crippen molar-refractivity contribution in [2.75, 3.05) is 5.32 Å². The van der Waals surface area contributed by atoms with Gasteiger partial charge in [-0.05, 0) is 42.5 Å². The molecule has 0 unspecified atom stereocenters. The van der Waals surface area contributed by atoms with Gasteiger partial charge in [-0.1, -0.05) is 26.8 Å². The summed E-state index contributed by atoms with van der Waals surface area (Å²) < 4.78 is 0. The number of rotatable bonds is 4. The van der Waals surface area contributed by atoms with Crippen molar-refractivity contribution in [3.8, 4) is 0 Å². The topological polar surface area (TPSA) is 55.1 Å². The molecule has 3 nitrogen and oxygen atoms in total. The van der Waals surface area contributed by atoms with Crippen molar-refractivity contribution in [1.82, 2.24) is 0 Å². The number of aryl methyl sites for hydroxylation is 2. The van der Waals surface area contributed by atoms with Crippen LogP contribution < -0.4 is 11.1 Å². The minimum atomic E-state index is -0.457. The standard InChI is InChI=1S/C14H22N2O/c1-5-11-6-7-12(8-10(11)4)16-14(17)13(15)9(2)3/h6-9,13H,5,15H2,1-4H3,(H,16,17)/t13-/m1/s1. The Bertz CT molecular complexity index is 399. The van der Waals surface area contributed by atoms with Crippen LogP contribution in [0.25, 0.3) is 0 Å². The molecule has 0 saturated carbocycles. The monoisotopic (exact) mass is 234 g/mol. The van der Waals surface area contributed by atoms with Crippen molar-refractivity contribution < 1.29 is 4.79 Å². The van der Waals surface area contributed by atoms with Crippen molar-refractivity contribution in [3.05, 3.63) is 29.3 Å². The highest BCUT2D eigenvalue weighted by atomic mass is 16.2. The lowest BCUT2D eigenvalue weighted by Crippen LogP contribution is -2.39. The number of anilines is 1. The summed E-state index contributed by atoms with van der Waals surface area (Å²) in [5, 5.41) is 2.85. The highest BCUT2D eigenvalue weighted by Crippen LogP contribution is 2.16. The Morgan fingerprint density at radius 3 is 2.53 bits per heavy atom. The summed E-state index contributed by atoms with van der Waals surface area (Å²) in [5.74, 6) is 0.0228. The first kappa shape index (κ1) is 13.7. The van der Waals surface area contributed by atoms with Gasteiger partial charge in [-0.2, -0.15) is 0 Å². The van der Waals surface area contributed by atoms with E-state index in [0.29, 0.717) is 0 Å². The number of benzene rings is 1. The molecule has 1 amide bonds. The van der Waals surface area contributed by atoms with Crippen LogP contribution in [0.15, 0.2) is 18.2 Å². The molecule has 17 heavy (non-hydrogen) atoms. The Hall–Kier alpha value is -1.35. The second kappa shape index (κ2) is 5.82. The van der Waals surface area contributed by atoms with E-state index in [-0.39, 0.29) is 11.8 Å². The molecule has 1 aromatic rings. The Kier molecular flexibility index (Phi) is 4.70. The van der Waals surface area contributed by atoms with Crippen molar-refractivity contribution >= 4 is 11.6 Å². The van der Waals surface area contributed by atoms with Gasteiger partial charge in [-0.15, -0.1) is 0 Å². The summed E-state index contributed by atoms with van der Waals surface area (Å²) in [4.78, 5) is 11.8. The number of carbonyl (C=O) groups is 1. The Morgan fingerprint density at radius 1 is 1.41 bits per heavy atom. The summed E-state index contributed by atoms with van der Waals surface area (Å²) >= 11 is 0. The number of amides is 1. The molecular weight excluding hydrogens is 212 g/mol. The number of nitrogens with two attached hydrogens (primary N) is 1. The molecule has 0 radical (unpaired) electrons. The molecule has 0 saturated heterocycles. The Labute approximate surface area is 103 Å². The third-order valence-electron chi connectivity index (χ3n) is 3.01. The van der Waals surface area contributed by atoms with E-state index in [1.54, 1.807) is 0 Å². The molecule has 3 N–H and O–H groups in total. The normalized spacial score (nSPS) is 12.6. The summed E-state index contributed by atoms with van der Waals surface area (Å²) in [6, 6.07) is 5.51. The van der Waals surface area contributed by atoms with E-state index in [4.69, 9.17) is 5.73 Å². The van der Waals surface area contributed by atoms with Crippen LogP contribution in [0.3, 0.4) is 0 Å². The van der Waals surface area contributed by atoms with Gasteiger partial charge in [0.05, 0.1) is 6.04 Å². The van der Waals surface area contributed by atoms with Crippen LogP contribution in [-0.2, 0) is 11.2 Å². The number of carbonyl (C=O) groups excluding carboxylic acids is 1. The first-order valence-electron chi connectivity index (χ1n) is 6.11. The fraction of sp³-hybridized carbons (Fsp3) is 0.500.